The van der Waals surface area contributed by atoms with Crippen LogP contribution < -0.4 is 37.9 Å². The lowest BCUT2D eigenvalue weighted by Crippen LogP contribution is -2.51. The summed E-state index contributed by atoms with van der Waals surface area (Å²) in [5.41, 5.74) is 20.0. The van der Waals surface area contributed by atoms with Gasteiger partial charge in [-0.25, -0.2) is 0 Å². The van der Waals surface area contributed by atoms with E-state index in [0.29, 0.717) is 32.5 Å². The van der Waals surface area contributed by atoms with Gasteiger partial charge in [-0.3, -0.25) is 14.6 Å². The van der Waals surface area contributed by atoms with Gasteiger partial charge in [0.05, 0.1) is 24.4 Å². The van der Waals surface area contributed by atoms with Gasteiger partial charge in [0.15, 0.2) is 0 Å². The van der Waals surface area contributed by atoms with E-state index >= 15 is 0 Å². The Bertz CT molecular complexity index is 1100. The number of benzene rings is 1. The van der Waals surface area contributed by atoms with E-state index in [1.165, 1.54) is 0 Å². The van der Waals surface area contributed by atoms with Crippen LogP contribution in [0.3, 0.4) is 0 Å². The molecule has 0 saturated carbocycles. The Morgan fingerprint density at radius 1 is 0.951 bits per heavy atom. The first-order chi connectivity index (χ1) is 19.5. The molecule has 3 atom stereocenters. The number of amides is 2. The molecule has 0 fully saturated rings. The molecule has 0 spiro atoms. The van der Waals surface area contributed by atoms with E-state index in [9.17, 15) is 9.59 Å². The molecular weight excluding hydrogens is 518 g/mol. The molecule has 10 nitrogen and oxygen atoms in total. The van der Waals surface area contributed by atoms with Crippen molar-refractivity contribution in [1.29, 1.82) is 0 Å². The van der Waals surface area contributed by atoms with Crippen LogP contribution in [0.2, 0.25) is 0 Å². The zero-order valence-electron chi connectivity index (χ0n) is 25.7. The fourth-order valence-electron chi connectivity index (χ4n) is 4.61. The number of nitrogens with two attached hydrogens (primary N) is 3. The maximum Gasteiger partial charge on any atom is 0.242 e. The van der Waals surface area contributed by atoms with Crippen molar-refractivity contribution in [3.05, 3.63) is 30.0 Å². The minimum Gasteiger partial charge on any atom is -0.497 e. The Kier molecular flexibility index (Phi) is 14.3. The number of hydrogen-bond donors (Lipinski definition) is 6. The molecule has 1 heterocycles. The first-order valence-corrected chi connectivity index (χ1v) is 15.0. The van der Waals surface area contributed by atoms with Crippen molar-refractivity contribution >= 4 is 28.4 Å². The monoisotopic (exact) mass is 571 g/mol. The summed E-state index contributed by atoms with van der Waals surface area (Å²) in [4.78, 5) is 30.5. The molecule has 1 aromatic carbocycles. The standard InChI is InChI=1S/C31H53N7O3/c1-21(36-26-20-23(41-5)19-22-14-15-27(31(2,3)4)38-28(22)26)11-10-18-35-30(40)25(13-7-9-17-33)37-29(39)24(34)12-6-8-16-32/h14-15,19-21,24-25,36H,6-13,16-18,32-34H2,1-5H3,(H,35,40)(H,37,39)/t21?,24-,25-/m0/s1. The number of nitrogens with zero attached hydrogens (tertiary/aromatic N) is 1. The molecule has 9 N–H and O–H groups in total. The summed E-state index contributed by atoms with van der Waals surface area (Å²) < 4.78 is 5.53. The van der Waals surface area contributed by atoms with Crippen LogP contribution in [0.5, 0.6) is 5.75 Å². The molecule has 0 saturated heterocycles. The van der Waals surface area contributed by atoms with Gasteiger partial charge in [0.2, 0.25) is 11.8 Å². The number of rotatable bonds is 18. The Morgan fingerprint density at radius 3 is 2.27 bits per heavy atom. The van der Waals surface area contributed by atoms with Crippen LogP contribution in [0.4, 0.5) is 5.69 Å². The van der Waals surface area contributed by atoms with Crippen LogP contribution in [-0.2, 0) is 15.0 Å². The molecular formula is C31H53N7O3. The van der Waals surface area contributed by atoms with Crippen molar-refractivity contribution in [2.24, 2.45) is 17.2 Å². The van der Waals surface area contributed by atoms with Crippen LogP contribution in [0.15, 0.2) is 24.3 Å². The Balaban J connectivity index is 1.95. The number of carbonyl (C=O) groups is 2. The molecule has 0 bridgehead atoms. The number of pyridine rings is 1. The topological polar surface area (TPSA) is 170 Å². The Labute approximate surface area is 245 Å². The largest absolute Gasteiger partial charge is 0.497 e. The average molecular weight is 572 g/mol. The third kappa shape index (κ3) is 11.4. The van der Waals surface area contributed by atoms with Crippen molar-refractivity contribution in [3.8, 4) is 5.75 Å². The van der Waals surface area contributed by atoms with E-state index in [-0.39, 0.29) is 23.3 Å². The molecule has 41 heavy (non-hydrogen) atoms. The van der Waals surface area contributed by atoms with Crippen LogP contribution in [-0.4, -0.2) is 61.7 Å². The molecule has 0 aliphatic carbocycles. The lowest BCUT2D eigenvalue weighted by atomic mass is 9.91. The summed E-state index contributed by atoms with van der Waals surface area (Å²) in [6.45, 7) is 10.2. The zero-order chi connectivity index (χ0) is 30.4. The van der Waals surface area contributed by atoms with E-state index in [1.54, 1.807) is 7.11 Å². The number of carbonyl (C=O) groups excluding carboxylic acids is 2. The Hall–Kier alpha value is -2.95. The molecule has 1 aromatic heterocycles. The zero-order valence-corrected chi connectivity index (χ0v) is 25.7. The molecule has 1 unspecified atom stereocenters. The minimum absolute atomic E-state index is 0.0631. The molecule has 2 rings (SSSR count). The van der Waals surface area contributed by atoms with Crippen LogP contribution in [0.1, 0.15) is 84.8 Å². The second-order valence-electron chi connectivity index (χ2n) is 11.9. The van der Waals surface area contributed by atoms with E-state index in [0.717, 1.165) is 66.6 Å². The third-order valence-corrected chi connectivity index (χ3v) is 7.17. The molecule has 230 valence electrons. The van der Waals surface area contributed by atoms with Gasteiger partial charge in [-0.15, -0.1) is 0 Å². The van der Waals surface area contributed by atoms with Crippen LogP contribution in [0, 0.1) is 0 Å². The van der Waals surface area contributed by atoms with Gasteiger partial charge in [0, 0.05) is 35.1 Å². The molecule has 10 heteroatoms. The summed E-state index contributed by atoms with van der Waals surface area (Å²) in [7, 11) is 1.66. The van der Waals surface area contributed by atoms with Crippen molar-refractivity contribution in [2.75, 3.05) is 32.1 Å². The number of methoxy groups -OCH3 is 1. The number of aromatic nitrogens is 1. The first kappa shape index (κ1) is 34.3. The van der Waals surface area contributed by atoms with E-state index in [2.05, 4.69) is 55.8 Å². The van der Waals surface area contributed by atoms with Gasteiger partial charge in [-0.2, -0.15) is 0 Å². The highest BCUT2D eigenvalue weighted by Gasteiger charge is 2.23. The normalized spacial score (nSPS) is 13.9. The quantitative estimate of drug-likeness (QED) is 0.148. The summed E-state index contributed by atoms with van der Waals surface area (Å²) >= 11 is 0. The van der Waals surface area contributed by atoms with Gasteiger partial charge < -0.3 is 37.9 Å². The number of ether oxygens (including phenoxy) is 1. The molecule has 0 aliphatic rings. The predicted molar refractivity (Wildman–Crippen MR) is 168 cm³/mol. The molecule has 0 radical (unpaired) electrons. The lowest BCUT2D eigenvalue weighted by Gasteiger charge is -2.22. The second-order valence-corrected chi connectivity index (χ2v) is 11.9. The fraction of sp³-hybridized carbons (Fsp3) is 0.645. The van der Waals surface area contributed by atoms with Crippen molar-refractivity contribution < 1.29 is 14.3 Å². The highest BCUT2D eigenvalue weighted by Crippen LogP contribution is 2.31. The summed E-state index contributed by atoms with van der Waals surface area (Å²) in [5.74, 6) is 0.274. The second kappa shape index (κ2) is 17.1. The molecule has 0 aliphatic heterocycles. The van der Waals surface area contributed by atoms with E-state index < -0.39 is 12.1 Å². The minimum atomic E-state index is -0.653. The lowest BCUT2D eigenvalue weighted by molar-refractivity contribution is -0.129. The first-order valence-electron chi connectivity index (χ1n) is 15.0. The highest BCUT2D eigenvalue weighted by molar-refractivity contribution is 5.92. The highest BCUT2D eigenvalue weighted by atomic mass is 16.5. The van der Waals surface area contributed by atoms with E-state index in [1.807, 2.05) is 12.1 Å². The number of hydrogen-bond acceptors (Lipinski definition) is 8. The predicted octanol–water partition coefficient (Wildman–Crippen LogP) is 3.31. The van der Waals surface area contributed by atoms with Crippen molar-refractivity contribution in [3.63, 3.8) is 0 Å². The van der Waals surface area contributed by atoms with Gasteiger partial charge in [0.1, 0.15) is 11.8 Å². The maximum atomic E-state index is 13.0. The number of nitrogens with one attached hydrogen (secondary N) is 3. The van der Waals surface area contributed by atoms with Gasteiger partial charge >= 0.3 is 0 Å². The summed E-state index contributed by atoms with van der Waals surface area (Å²) in [5, 5.41) is 10.5. The molecule has 2 amide bonds. The van der Waals surface area contributed by atoms with Crippen LogP contribution >= 0.6 is 0 Å². The Morgan fingerprint density at radius 2 is 1.63 bits per heavy atom. The SMILES string of the molecule is COc1cc(NC(C)CCCNC(=O)[C@H](CCCCN)NC(=O)[C@@H](N)CCCCN)c2nc(C(C)(C)C)ccc2c1. The summed E-state index contributed by atoms with van der Waals surface area (Å²) in [6, 6.07) is 6.99. The van der Waals surface area contributed by atoms with Gasteiger partial charge in [-0.1, -0.05) is 33.3 Å². The number of unbranched alkanes of at least 4 members (excludes halogenated alkanes) is 2. The summed E-state index contributed by atoms with van der Waals surface area (Å²) in [6.07, 6.45) is 5.79. The van der Waals surface area contributed by atoms with Gasteiger partial charge in [-0.05, 0) is 77.1 Å². The smallest absolute Gasteiger partial charge is 0.242 e. The van der Waals surface area contributed by atoms with Crippen LogP contribution in [0.25, 0.3) is 10.9 Å². The number of anilines is 1. The van der Waals surface area contributed by atoms with Crippen molar-refractivity contribution in [1.82, 2.24) is 15.6 Å². The third-order valence-electron chi connectivity index (χ3n) is 7.17. The maximum absolute atomic E-state index is 13.0. The number of fused-ring (bicyclic) bond motifs is 1. The molecule has 2 aromatic rings. The fourth-order valence-corrected chi connectivity index (χ4v) is 4.61. The van der Waals surface area contributed by atoms with Crippen molar-refractivity contribution in [2.45, 2.75) is 103 Å². The average Bonchev–Trinajstić information content (AvgIpc) is 2.93. The van der Waals surface area contributed by atoms with Gasteiger partial charge in [0.25, 0.3) is 0 Å². The van der Waals surface area contributed by atoms with E-state index in [4.69, 9.17) is 26.9 Å².